The van der Waals surface area contributed by atoms with E-state index in [0.29, 0.717) is 6.04 Å². The van der Waals surface area contributed by atoms with Gasteiger partial charge in [-0.05, 0) is 12.8 Å². The highest BCUT2D eigenvalue weighted by Crippen LogP contribution is 2.17. The first-order valence-electron chi connectivity index (χ1n) is 4.45. The summed E-state index contributed by atoms with van der Waals surface area (Å²) in [4.78, 5) is 11.2. The molecule has 0 aliphatic carbocycles. The number of carbonyl (C=O) groups excluding carboxylic acids is 1. The Kier molecular flexibility index (Phi) is 3.29. The van der Waals surface area contributed by atoms with Gasteiger partial charge in [-0.15, -0.1) is 6.58 Å². The summed E-state index contributed by atoms with van der Waals surface area (Å²) < 4.78 is 0. The van der Waals surface area contributed by atoms with Crippen LogP contribution in [0.5, 0.6) is 0 Å². The third-order valence-corrected chi connectivity index (χ3v) is 2.22. The van der Waals surface area contributed by atoms with Crippen LogP contribution in [0, 0.1) is 5.92 Å². The molecule has 3 heteroatoms. The standard InChI is InChI=1S/C9H16N2O/c1-3-5-7-8(6-4-2)10-11-9(7)12/h3,7-8,10H,1,4-6H2,2H3,(H,11,12)/t7-,8?/m0/s1. The number of hydrogen-bond acceptors (Lipinski definition) is 2. The van der Waals surface area contributed by atoms with Crippen LogP contribution < -0.4 is 10.9 Å². The Labute approximate surface area is 73.2 Å². The third-order valence-electron chi connectivity index (χ3n) is 2.22. The summed E-state index contributed by atoms with van der Waals surface area (Å²) in [5.41, 5.74) is 5.65. The van der Waals surface area contributed by atoms with E-state index in [2.05, 4.69) is 24.4 Å². The van der Waals surface area contributed by atoms with Gasteiger partial charge in [0.05, 0.1) is 5.92 Å². The van der Waals surface area contributed by atoms with Gasteiger partial charge in [-0.3, -0.25) is 10.2 Å². The van der Waals surface area contributed by atoms with Crippen molar-refractivity contribution in [1.82, 2.24) is 10.9 Å². The minimum atomic E-state index is 0.0856. The maximum atomic E-state index is 11.2. The molecule has 1 rings (SSSR count). The molecule has 3 nitrogen and oxygen atoms in total. The van der Waals surface area contributed by atoms with E-state index in [4.69, 9.17) is 0 Å². The third kappa shape index (κ3) is 1.85. The van der Waals surface area contributed by atoms with Gasteiger partial charge in [0.2, 0.25) is 5.91 Å². The number of allylic oxidation sites excluding steroid dienone is 1. The molecular weight excluding hydrogens is 152 g/mol. The summed E-state index contributed by atoms with van der Waals surface area (Å²) in [7, 11) is 0. The van der Waals surface area contributed by atoms with Crippen LogP contribution in [0.2, 0.25) is 0 Å². The Balaban J connectivity index is 2.50. The van der Waals surface area contributed by atoms with E-state index in [9.17, 15) is 4.79 Å². The second kappa shape index (κ2) is 4.26. The first-order valence-corrected chi connectivity index (χ1v) is 4.45. The van der Waals surface area contributed by atoms with Crippen molar-refractivity contribution in [2.75, 3.05) is 0 Å². The van der Waals surface area contributed by atoms with E-state index in [1.165, 1.54) is 0 Å². The molecule has 0 radical (unpaired) electrons. The second-order valence-corrected chi connectivity index (χ2v) is 3.16. The van der Waals surface area contributed by atoms with E-state index < -0.39 is 0 Å². The van der Waals surface area contributed by atoms with Gasteiger partial charge in [0.1, 0.15) is 0 Å². The molecule has 0 aromatic rings. The molecular formula is C9H16N2O. The number of nitrogens with one attached hydrogen (secondary N) is 2. The molecule has 1 aliphatic rings. The maximum absolute atomic E-state index is 11.2. The molecule has 0 aromatic heterocycles. The lowest BCUT2D eigenvalue weighted by atomic mass is 9.94. The van der Waals surface area contributed by atoms with Crippen LogP contribution in [0.15, 0.2) is 12.7 Å². The van der Waals surface area contributed by atoms with Crippen molar-refractivity contribution < 1.29 is 4.79 Å². The van der Waals surface area contributed by atoms with Gasteiger partial charge < -0.3 is 0 Å². The van der Waals surface area contributed by atoms with Crippen molar-refractivity contribution in [3.63, 3.8) is 0 Å². The van der Waals surface area contributed by atoms with Crippen molar-refractivity contribution in [3.8, 4) is 0 Å². The molecule has 2 N–H and O–H groups in total. The fourth-order valence-electron chi connectivity index (χ4n) is 1.58. The zero-order valence-corrected chi connectivity index (χ0v) is 7.47. The van der Waals surface area contributed by atoms with Gasteiger partial charge in [-0.2, -0.15) is 0 Å². The van der Waals surface area contributed by atoms with E-state index in [-0.39, 0.29) is 11.8 Å². The summed E-state index contributed by atoms with van der Waals surface area (Å²) in [6.07, 6.45) is 4.71. The summed E-state index contributed by atoms with van der Waals surface area (Å²) in [5, 5.41) is 0. The fourth-order valence-corrected chi connectivity index (χ4v) is 1.58. The van der Waals surface area contributed by atoms with Gasteiger partial charge >= 0.3 is 0 Å². The van der Waals surface area contributed by atoms with Crippen molar-refractivity contribution in [3.05, 3.63) is 12.7 Å². The lowest BCUT2D eigenvalue weighted by molar-refractivity contribution is -0.122. The van der Waals surface area contributed by atoms with E-state index in [1.807, 2.05) is 0 Å². The molecule has 0 saturated carbocycles. The minimum absolute atomic E-state index is 0.0856. The molecule has 12 heavy (non-hydrogen) atoms. The lowest BCUT2D eigenvalue weighted by Gasteiger charge is -2.13. The van der Waals surface area contributed by atoms with Crippen LogP contribution in [-0.4, -0.2) is 11.9 Å². The van der Waals surface area contributed by atoms with Gasteiger partial charge in [-0.1, -0.05) is 19.4 Å². The Hall–Kier alpha value is -0.830. The smallest absolute Gasteiger partial charge is 0.239 e. The molecule has 0 spiro atoms. The van der Waals surface area contributed by atoms with E-state index >= 15 is 0 Å². The van der Waals surface area contributed by atoms with Crippen molar-refractivity contribution in [1.29, 1.82) is 0 Å². The van der Waals surface area contributed by atoms with Crippen molar-refractivity contribution >= 4 is 5.91 Å². The normalized spacial score (nSPS) is 28.6. The predicted octanol–water partition coefficient (Wildman–Crippen LogP) is 0.982. The van der Waals surface area contributed by atoms with Crippen LogP contribution >= 0.6 is 0 Å². The van der Waals surface area contributed by atoms with Crippen LogP contribution in [0.25, 0.3) is 0 Å². The molecule has 1 unspecified atom stereocenters. The molecule has 0 bridgehead atoms. The van der Waals surface area contributed by atoms with Gasteiger partial charge in [-0.25, -0.2) is 5.43 Å². The van der Waals surface area contributed by atoms with Crippen LogP contribution in [0.1, 0.15) is 26.2 Å². The molecule has 1 heterocycles. The number of hydrogen-bond donors (Lipinski definition) is 2. The van der Waals surface area contributed by atoms with Crippen LogP contribution in [0.4, 0.5) is 0 Å². The van der Waals surface area contributed by atoms with Gasteiger partial charge in [0.15, 0.2) is 0 Å². The van der Waals surface area contributed by atoms with E-state index in [1.54, 1.807) is 6.08 Å². The van der Waals surface area contributed by atoms with E-state index in [0.717, 1.165) is 19.3 Å². The molecule has 68 valence electrons. The molecule has 1 saturated heterocycles. The minimum Gasteiger partial charge on any atom is -0.291 e. The zero-order chi connectivity index (χ0) is 8.97. The first-order chi connectivity index (χ1) is 5.79. The number of carbonyl (C=O) groups is 1. The number of amides is 1. The molecule has 1 amide bonds. The highest BCUT2D eigenvalue weighted by molar-refractivity contribution is 5.81. The predicted molar refractivity (Wildman–Crippen MR) is 48.3 cm³/mol. The molecule has 0 aromatic carbocycles. The fraction of sp³-hybridized carbons (Fsp3) is 0.667. The monoisotopic (exact) mass is 168 g/mol. The van der Waals surface area contributed by atoms with Gasteiger partial charge in [0.25, 0.3) is 0 Å². The Bertz CT molecular complexity index is 179. The average Bonchev–Trinajstić information content (AvgIpc) is 2.37. The zero-order valence-electron chi connectivity index (χ0n) is 7.47. The van der Waals surface area contributed by atoms with Crippen LogP contribution in [-0.2, 0) is 4.79 Å². The van der Waals surface area contributed by atoms with Crippen molar-refractivity contribution in [2.45, 2.75) is 32.2 Å². The summed E-state index contributed by atoms with van der Waals surface area (Å²) >= 11 is 0. The van der Waals surface area contributed by atoms with Gasteiger partial charge in [0, 0.05) is 6.04 Å². The summed E-state index contributed by atoms with van der Waals surface area (Å²) in [6.45, 7) is 5.77. The van der Waals surface area contributed by atoms with Crippen molar-refractivity contribution in [2.24, 2.45) is 5.92 Å². The molecule has 2 atom stereocenters. The van der Waals surface area contributed by atoms with Crippen LogP contribution in [0.3, 0.4) is 0 Å². The molecule has 1 aliphatic heterocycles. The highest BCUT2D eigenvalue weighted by Gasteiger charge is 2.32. The quantitative estimate of drug-likeness (QED) is 0.614. The Morgan fingerprint density at radius 2 is 2.42 bits per heavy atom. The second-order valence-electron chi connectivity index (χ2n) is 3.16. The number of hydrazine groups is 1. The first kappa shape index (κ1) is 9.26. The number of rotatable bonds is 4. The topological polar surface area (TPSA) is 41.1 Å². The largest absolute Gasteiger partial charge is 0.291 e. The molecule has 1 fully saturated rings. The SMILES string of the molecule is C=CC[C@@H]1C(=O)NNC1CCC. The maximum Gasteiger partial charge on any atom is 0.239 e. The summed E-state index contributed by atoms with van der Waals surface area (Å²) in [6, 6.07) is 0.292. The Morgan fingerprint density at radius 1 is 1.67 bits per heavy atom. The highest BCUT2D eigenvalue weighted by atomic mass is 16.2. The summed E-state index contributed by atoms with van der Waals surface area (Å²) in [5.74, 6) is 0.191. The lowest BCUT2D eigenvalue weighted by Crippen LogP contribution is -2.31. The average molecular weight is 168 g/mol. The Morgan fingerprint density at radius 3 is 3.00 bits per heavy atom.